The number of benzene rings is 1. The van der Waals surface area contributed by atoms with Gasteiger partial charge in [0.05, 0.1) is 17.8 Å². The number of piperidine rings is 1. The fourth-order valence-corrected chi connectivity index (χ4v) is 7.07. The SMILES string of the molecule is NC(=O)C12CC3CC(CC(C3)C1OC(=O)C1CCN(C(=O)Cc3ccc(F)c(F)c3)CC1)C2. The molecule has 4 bridgehead atoms. The number of hydrogen-bond acceptors (Lipinski definition) is 4. The van der Waals surface area contributed by atoms with Crippen LogP contribution in [-0.2, 0) is 25.5 Å². The minimum Gasteiger partial charge on any atom is -0.461 e. The lowest BCUT2D eigenvalue weighted by Crippen LogP contribution is -2.62. The fourth-order valence-electron chi connectivity index (χ4n) is 7.07. The van der Waals surface area contributed by atoms with Crippen LogP contribution in [0.2, 0.25) is 0 Å². The monoisotopic (exact) mass is 460 g/mol. The second-order valence-corrected chi connectivity index (χ2v) is 10.6. The van der Waals surface area contributed by atoms with E-state index in [0.717, 1.165) is 44.2 Å². The van der Waals surface area contributed by atoms with Crippen molar-refractivity contribution in [3.05, 3.63) is 35.4 Å². The summed E-state index contributed by atoms with van der Waals surface area (Å²) in [6, 6.07) is 3.46. The lowest BCUT2D eigenvalue weighted by molar-refractivity contribution is -0.199. The minimum absolute atomic E-state index is 0.0144. The zero-order valence-electron chi connectivity index (χ0n) is 18.6. The van der Waals surface area contributed by atoms with Crippen molar-refractivity contribution in [2.45, 2.75) is 57.5 Å². The molecule has 2 N–H and O–H groups in total. The smallest absolute Gasteiger partial charge is 0.309 e. The Kier molecular flexibility index (Phi) is 5.65. The first kappa shape index (κ1) is 22.3. The highest BCUT2D eigenvalue weighted by atomic mass is 19.2. The number of likely N-dealkylation sites (tertiary alicyclic amines) is 1. The van der Waals surface area contributed by atoms with Gasteiger partial charge in [0.15, 0.2) is 11.6 Å². The van der Waals surface area contributed by atoms with E-state index in [4.69, 9.17) is 10.5 Å². The van der Waals surface area contributed by atoms with Crippen LogP contribution in [-0.4, -0.2) is 41.9 Å². The molecule has 0 radical (unpaired) electrons. The number of carbonyl (C=O) groups is 3. The average molecular weight is 461 g/mol. The third-order valence-corrected chi connectivity index (χ3v) is 8.47. The zero-order valence-corrected chi connectivity index (χ0v) is 18.6. The van der Waals surface area contributed by atoms with E-state index in [9.17, 15) is 23.2 Å². The summed E-state index contributed by atoms with van der Waals surface area (Å²) < 4.78 is 32.5. The number of nitrogens with two attached hydrogens (primary N) is 1. The number of hydrogen-bond donors (Lipinski definition) is 1. The van der Waals surface area contributed by atoms with Crippen molar-refractivity contribution in [2.75, 3.05) is 13.1 Å². The maximum Gasteiger partial charge on any atom is 0.309 e. The molecule has 178 valence electrons. The number of halogens is 2. The second-order valence-electron chi connectivity index (χ2n) is 10.6. The van der Waals surface area contributed by atoms with E-state index < -0.39 is 23.2 Å². The van der Waals surface area contributed by atoms with Gasteiger partial charge in [-0.2, -0.15) is 0 Å². The van der Waals surface area contributed by atoms with Gasteiger partial charge in [0.25, 0.3) is 0 Å². The summed E-state index contributed by atoms with van der Waals surface area (Å²) in [5.41, 5.74) is 5.55. The van der Waals surface area contributed by atoms with Gasteiger partial charge in [-0.25, -0.2) is 8.78 Å². The van der Waals surface area contributed by atoms with E-state index in [-0.39, 0.29) is 36.0 Å². The van der Waals surface area contributed by atoms with Crippen LogP contribution in [0.4, 0.5) is 8.78 Å². The summed E-state index contributed by atoms with van der Waals surface area (Å²) in [7, 11) is 0. The van der Waals surface area contributed by atoms with Crippen molar-refractivity contribution < 1.29 is 27.9 Å². The van der Waals surface area contributed by atoms with Crippen LogP contribution in [0.3, 0.4) is 0 Å². The molecular formula is C25H30F2N2O4. The predicted molar refractivity (Wildman–Crippen MR) is 114 cm³/mol. The van der Waals surface area contributed by atoms with Gasteiger partial charge >= 0.3 is 5.97 Å². The molecule has 6 nitrogen and oxygen atoms in total. The third kappa shape index (κ3) is 4.02. The van der Waals surface area contributed by atoms with Gasteiger partial charge in [0.2, 0.25) is 11.8 Å². The van der Waals surface area contributed by atoms with Crippen LogP contribution in [0.5, 0.6) is 0 Å². The van der Waals surface area contributed by atoms with Gasteiger partial charge in [0, 0.05) is 13.1 Å². The largest absolute Gasteiger partial charge is 0.461 e. The molecule has 0 spiro atoms. The Balaban J connectivity index is 1.17. The standard InChI is InChI=1S/C25H30F2N2O4/c26-19-2-1-14(10-20(19)27)11-21(30)29-5-3-17(4-6-29)23(31)33-22-18-8-15-7-16(9-18)13-25(22,12-15)24(28)32/h1-2,10,15-18,22H,3-9,11-13H2,(H2,28,32). The number of ether oxygens (including phenoxy) is 1. The molecule has 1 saturated heterocycles. The predicted octanol–water partition coefficient (Wildman–Crippen LogP) is 2.97. The molecule has 0 aromatic heterocycles. The van der Waals surface area contributed by atoms with Crippen molar-refractivity contribution in [1.29, 1.82) is 0 Å². The fraction of sp³-hybridized carbons (Fsp3) is 0.640. The Labute approximate surface area is 191 Å². The Morgan fingerprint density at radius 1 is 1.03 bits per heavy atom. The normalized spacial score (nSPS) is 33.2. The summed E-state index contributed by atoms with van der Waals surface area (Å²) in [6.07, 6.45) is 5.13. The minimum atomic E-state index is -0.972. The van der Waals surface area contributed by atoms with Gasteiger partial charge in [-0.15, -0.1) is 0 Å². The summed E-state index contributed by atoms with van der Waals surface area (Å²) in [5.74, 6) is -1.81. The highest BCUT2D eigenvalue weighted by Crippen LogP contribution is 2.61. The van der Waals surface area contributed by atoms with Crippen LogP contribution in [0.1, 0.15) is 50.5 Å². The molecule has 33 heavy (non-hydrogen) atoms. The molecule has 2 amide bonds. The Morgan fingerprint density at radius 3 is 2.30 bits per heavy atom. The van der Waals surface area contributed by atoms with Gasteiger partial charge in [-0.1, -0.05) is 6.07 Å². The lowest BCUT2D eigenvalue weighted by Gasteiger charge is -2.58. The molecule has 8 heteroatoms. The molecule has 1 aliphatic heterocycles. The number of amides is 2. The van der Waals surface area contributed by atoms with E-state index >= 15 is 0 Å². The van der Waals surface area contributed by atoms with E-state index in [1.165, 1.54) is 6.07 Å². The van der Waals surface area contributed by atoms with Gasteiger partial charge in [-0.05, 0) is 80.4 Å². The quantitative estimate of drug-likeness (QED) is 0.684. The van der Waals surface area contributed by atoms with Crippen molar-refractivity contribution in [1.82, 2.24) is 4.90 Å². The van der Waals surface area contributed by atoms with Crippen molar-refractivity contribution >= 4 is 17.8 Å². The van der Waals surface area contributed by atoms with Crippen molar-refractivity contribution in [3.63, 3.8) is 0 Å². The third-order valence-electron chi connectivity index (χ3n) is 8.47. The number of carbonyl (C=O) groups excluding carboxylic acids is 3. The number of esters is 1. The van der Waals surface area contributed by atoms with E-state index in [1.807, 2.05) is 0 Å². The highest BCUT2D eigenvalue weighted by molar-refractivity contribution is 5.83. The maximum absolute atomic E-state index is 13.4. The van der Waals surface area contributed by atoms with E-state index in [0.29, 0.717) is 43.3 Å². The van der Waals surface area contributed by atoms with Crippen LogP contribution in [0, 0.1) is 40.7 Å². The molecule has 4 aliphatic carbocycles. The van der Waals surface area contributed by atoms with Crippen LogP contribution in [0.25, 0.3) is 0 Å². The van der Waals surface area contributed by atoms with E-state index in [1.54, 1.807) is 4.90 Å². The first-order valence-corrected chi connectivity index (χ1v) is 12.0. The molecule has 1 aromatic carbocycles. The summed E-state index contributed by atoms with van der Waals surface area (Å²) in [5, 5.41) is 0. The molecule has 4 saturated carbocycles. The molecule has 6 rings (SSSR count). The average Bonchev–Trinajstić information content (AvgIpc) is 2.78. The van der Waals surface area contributed by atoms with Crippen LogP contribution >= 0.6 is 0 Å². The Morgan fingerprint density at radius 2 is 1.70 bits per heavy atom. The number of nitrogens with zero attached hydrogens (tertiary/aromatic N) is 1. The topological polar surface area (TPSA) is 89.7 Å². The van der Waals surface area contributed by atoms with Crippen LogP contribution in [0.15, 0.2) is 18.2 Å². The summed E-state index contributed by atoms with van der Waals surface area (Å²) >= 11 is 0. The van der Waals surface area contributed by atoms with E-state index in [2.05, 4.69) is 0 Å². The molecule has 3 unspecified atom stereocenters. The molecule has 5 fully saturated rings. The maximum atomic E-state index is 13.4. The zero-order chi connectivity index (χ0) is 23.3. The molecule has 1 heterocycles. The molecule has 3 atom stereocenters. The summed E-state index contributed by atoms with van der Waals surface area (Å²) in [4.78, 5) is 39.7. The van der Waals surface area contributed by atoms with Crippen molar-refractivity contribution in [2.24, 2.45) is 34.8 Å². The van der Waals surface area contributed by atoms with Gasteiger partial charge in [-0.3, -0.25) is 14.4 Å². The summed E-state index contributed by atoms with van der Waals surface area (Å²) in [6.45, 7) is 0.808. The van der Waals surface area contributed by atoms with Crippen LogP contribution < -0.4 is 5.73 Å². The highest BCUT2D eigenvalue weighted by Gasteiger charge is 2.62. The first-order chi connectivity index (χ1) is 15.7. The van der Waals surface area contributed by atoms with Crippen molar-refractivity contribution in [3.8, 4) is 0 Å². The lowest BCUT2D eigenvalue weighted by atomic mass is 9.48. The number of rotatable bonds is 5. The molecule has 1 aromatic rings. The van der Waals surface area contributed by atoms with Gasteiger partial charge < -0.3 is 15.4 Å². The second kappa shape index (κ2) is 8.37. The molecular weight excluding hydrogens is 430 g/mol. The Hall–Kier alpha value is -2.51. The first-order valence-electron chi connectivity index (χ1n) is 12.0. The molecule has 5 aliphatic rings. The van der Waals surface area contributed by atoms with Gasteiger partial charge in [0.1, 0.15) is 6.10 Å². The number of primary amides is 1. The Bertz CT molecular complexity index is 961.